The molecular weight excluding hydrogens is 191 g/mol. The van der Waals surface area contributed by atoms with Gasteiger partial charge in [-0.15, -0.1) is 0 Å². The highest BCUT2D eigenvalue weighted by atomic mass is 19.1. The lowest BCUT2D eigenvalue weighted by atomic mass is 10.0. The molecule has 0 radical (unpaired) electrons. The number of allylic oxidation sites excluding steroid dienone is 1. The van der Waals surface area contributed by atoms with Crippen molar-refractivity contribution in [3.8, 4) is 6.07 Å². The molecule has 1 aromatic carbocycles. The molecule has 0 bridgehead atoms. The molecule has 1 rings (SSSR count). The zero-order chi connectivity index (χ0) is 11.4. The van der Waals surface area contributed by atoms with Gasteiger partial charge in [-0.3, -0.25) is 0 Å². The number of aryl methyl sites for hydroxylation is 1. The molecule has 0 saturated carbocycles. The SMILES string of the molecule is CC/C(C#N)=C(/N)c1cc(C)cc(F)c1. The van der Waals surface area contributed by atoms with Gasteiger partial charge in [-0.25, -0.2) is 4.39 Å². The van der Waals surface area contributed by atoms with E-state index >= 15 is 0 Å². The number of nitriles is 1. The van der Waals surface area contributed by atoms with Gasteiger partial charge in [0.05, 0.1) is 17.3 Å². The zero-order valence-electron chi connectivity index (χ0n) is 8.84. The molecular formula is C12H13FN2. The molecule has 1 aromatic rings. The standard InChI is InChI=1S/C12H13FN2/c1-3-9(7-14)12(15)10-4-8(2)5-11(13)6-10/h4-6H,3,15H2,1-2H3/b12-9-. The summed E-state index contributed by atoms with van der Waals surface area (Å²) in [6.07, 6.45) is 0.553. The fraction of sp³-hybridized carbons (Fsp3) is 0.250. The minimum atomic E-state index is -0.332. The highest BCUT2D eigenvalue weighted by Gasteiger charge is 2.05. The molecule has 0 aromatic heterocycles. The Balaban J connectivity index is 3.28. The fourth-order valence-electron chi connectivity index (χ4n) is 1.40. The molecule has 0 heterocycles. The molecule has 3 heteroatoms. The Hall–Kier alpha value is -1.82. The molecule has 15 heavy (non-hydrogen) atoms. The maximum absolute atomic E-state index is 13.1. The van der Waals surface area contributed by atoms with Crippen LogP contribution in [0.3, 0.4) is 0 Å². The minimum Gasteiger partial charge on any atom is -0.397 e. The van der Waals surface area contributed by atoms with Gasteiger partial charge in [-0.2, -0.15) is 5.26 Å². The van der Waals surface area contributed by atoms with Crippen LogP contribution >= 0.6 is 0 Å². The Morgan fingerprint density at radius 3 is 2.60 bits per heavy atom. The van der Waals surface area contributed by atoms with Gasteiger partial charge in [0, 0.05) is 5.56 Å². The van der Waals surface area contributed by atoms with E-state index in [4.69, 9.17) is 11.0 Å². The highest BCUT2D eigenvalue weighted by molar-refractivity contribution is 5.69. The second-order valence-corrected chi connectivity index (χ2v) is 3.37. The van der Waals surface area contributed by atoms with Crippen LogP contribution in [-0.2, 0) is 0 Å². The summed E-state index contributed by atoms with van der Waals surface area (Å²) in [5.41, 5.74) is 8.01. The van der Waals surface area contributed by atoms with E-state index in [-0.39, 0.29) is 5.82 Å². The van der Waals surface area contributed by atoms with E-state index in [9.17, 15) is 4.39 Å². The average Bonchev–Trinajstić information content (AvgIpc) is 2.18. The summed E-state index contributed by atoms with van der Waals surface area (Å²) in [6, 6.07) is 6.56. The van der Waals surface area contributed by atoms with Crippen molar-refractivity contribution in [2.24, 2.45) is 5.73 Å². The second-order valence-electron chi connectivity index (χ2n) is 3.37. The fourth-order valence-corrected chi connectivity index (χ4v) is 1.40. The number of halogens is 1. The molecule has 0 aliphatic rings. The van der Waals surface area contributed by atoms with Crippen LogP contribution in [0.1, 0.15) is 24.5 Å². The van der Waals surface area contributed by atoms with E-state index in [1.54, 1.807) is 13.0 Å². The van der Waals surface area contributed by atoms with Crippen LogP contribution in [0.5, 0.6) is 0 Å². The van der Waals surface area contributed by atoms with Crippen molar-refractivity contribution in [1.29, 1.82) is 5.26 Å². The summed E-state index contributed by atoms with van der Waals surface area (Å²) in [4.78, 5) is 0. The van der Waals surface area contributed by atoms with Crippen molar-refractivity contribution >= 4 is 5.70 Å². The molecule has 0 fully saturated rings. The van der Waals surface area contributed by atoms with Gasteiger partial charge < -0.3 is 5.73 Å². The molecule has 0 aliphatic heterocycles. The van der Waals surface area contributed by atoms with Crippen LogP contribution in [0.4, 0.5) is 4.39 Å². The molecule has 78 valence electrons. The first-order chi connectivity index (χ1) is 7.08. The lowest BCUT2D eigenvalue weighted by Gasteiger charge is -2.05. The first kappa shape index (κ1) is 11.3. The van der Waals surface area contributed by atoms with Crippen molar-refractivity contribution in [1.82, 2.24) is 0 Å². The van der Waals surface area contributed by atoms with Crippen LogP contribution < -0.4 is 5.73 Å². The van der Waals surface area contributed by atoms with Gasteiger partial charge in [-0.05, 0) is 37.1 Å². The van der Waals surface area contributed by atoms with E-state index in [1.807, 2.05) is 13.0 Å². The van der Waals surface area contributed by atoms with Crippen LogP contribution in [0.25, 0.3) is 5.70 Å². The summed E-state index contributed by atoms with van der Waals surface area (Å²) in [5, 5.41) is 8.81. The van der Waals surface area contributed by atoms with Crippen molar-refractivity contribution in [2.45, 2.75) is 20.3 Å². The third kappa shape index (κ3) is 2.57. The number of benzene rings is 1. The topological polar surface area (TPSA) is 49.8 Å². The Morgan fingerprint density at radius 1 is 1.47 bits per heavy atom. The van der Waals surface area contributed by atoms with Crippen LogP contribution in [0, 0.1) is 24.1 Å². The van der Waals surface area contributed by atoms with E-state index < -0.39 is 0 Å². The predicted molar refractivity (Wildman–Crippen MR) is 58.1 cm³/mol. The second kappa shape index (κ2) is 4.61. The molecule has 0 aliphatic carbocycles. The molecule has 0 saturated heterocycles. The number of nitrogens with two attached hydrogens (primary N) is 1. The normalized spacial score (nSPS) is 11.9. The summed E-state index contributed by atoms with van der Waals surface area (Å²) in [6.45, 7) is 3.63. The Kier molecular flexibility index (Phi) is 3.46. The molecule has 0 amide bonds. The molecule has 2 nitrogen and oxygen atoms in total. The monoisotopic (exact) mass is 204 g/mol. The van der Waals surface area contributed by atoms with E-state index in [0.717, 1.165) is 5.56 Å². The van der Waals surface area contributed by atoms with Crippen molar-refractivity contribution < 1.29 is 4.39 Å². The predicted octanol–water partition coefficient (Wildman–Crippen LogP) is 2.74. The third-order valence-corrected chi connectivity index (χ3v) is 2.17. The minimum absolute atomic E-state index is 0.332. The molecule has 0 unspecified atom stereocenters. The molecule has 0 atom stereocenters. The quantitative estimate of drug-likeness (QED) is 0.753. The van der Waals surface area contributed by atoms with Gasteiger partial charge in [-0.1, -0.05) is 6.92 Å². The summed E-state index contributed by atoms with van der Waals surface area (Å²) < 4.78 is 13.1. The number of nitrogens with zero attached hydrogens (tertiary/aromatic N) is 1. The zero-order valence-corrected chi connectivity index (χ0v) is 8.84. The third-order valence-electron chi connectivity index (χ3n) is 2.17. The maximum atomic E-state index is 13.1. The van der Waals surface area contributed by atoms with Gasteiger partial charge in [0.25, 0.3) is 0 Å². The Bertz CT molecular complexity index is 421. The van der Waals surface area contributed by atoms with Crippen molar-refractivity contribution in [3.63, 3.8) is 0 Å². The van der Waals surface area contributed by atoms with E-state index in [0.29, 0.717) is 23.3 Å². The van der Waals surface area contributed by atoms with Crippen LogP contribution in [0.15, 0.2) is 23.8 Å². The molecule has 2 N–H and O–H groups in total. The van der Waals surface area contributed by atoms with E-state index in [1.165, 1.54) is 12.1 Å². The average molecular weight is 204 g/mol. The van der Waals surface area contributed by atoms with Crippen molar-refractivity contribution in [3.05, 3.63) is 40.7 Å². The number of hydrogen-bond acceptors (Lipinski definition) is 2. The lowest BCUT2D eigenvalue weighted by Crippen LogP contribution is -2.01. The molecule has 0 spiro atoms. The maximum Gasteiger partial charge on any atom is 0.124 e. The Morgan fingerprint density at radius 2 is 2.13 bits per heavy atom. The van der Waals surface area contributed by atoms with Crippen molar-refractivity contribution in [2.75, 3.05) is 0 Å². The summed E-state index contributed by atoms with van der Waals surface area (Å²) >= 11 is 0. The number of rotatable bonds is 2. The smallest absolute Gasteiger partial charge is 0.124 e. The summed E-state index contributed by atoms with van der Waals surface area (Å²) in [5.74, 6) is -0.332. The summed E-state index contributed by atoms with van der Waals surface area (Å²) in [7, 11) is 0. The highest BCUT2D eigenvalue weighted by Crippen LogP contribution is 2.18. The first-order valence-corrected chi connectivity index (χ1v) is 4.74. The van der Waals surface area contributed by atoms with Crippen LogP contribution in [0.2, 0.25) is 0 Å². The number of hydrogen-bond donors (Lipinski definition) is 1. The first-order valence-electron chi connectivity index (χ1n) is 4.74. The van der Waals surface area contributed by atoms with Crippen LogP contribution in [-0.4, -0.2) is 0 Å². The Labute approximate surface area is 88.8 Å². The lowest BCUT2D eigenvalue weighted by molar-refractivity contribution is 0.626. The van der Waals surface area contributed by atoms with Gasteiger partial charge in [0.15, 0.2) is 0 Å². The largest absolute Gasteiger partial charge is 0.397 e. The van der Waals surface area contributed by atoms with Gasteiger partial charge >= 0.3 is 0 Å². The van der Waals surface area contributed by atoms with E-state index in [2.05, 4.69) is 0 Å². The van der Waals surface area contributed by atoms with Gasteiger partial charge in [0.2, 0.25) is 0 Å². The van der Waals surface area contributed by atoms with Gasteiger partial charge in [0.1, 0.15) is 5.82 Å².